The van der Waals surface area contributed by atoms with Crippen LogP contribution in [-0.2, 0) is 26.4 Å². The smallest absolute Gasteiger partial charge is 0.158 e. The molecule has 0 spiro atoms. The Kier molecular flexibility index (Phi) is 2.60. The standard InChI is InChI=1S/C9H8O3S2/c10-7-5-13(11)8-3-1-2-4-9(8)14(12)6-7/h1-4H,5-6H2/t13-,14-/m1/s1. The number of hydrogen-bond donors (Lipinski definition) is 0. The minimum atomic E-state index is -1.33. The van der Waals surface area contributed by atoms with Crippen molar-refractivity contribution in [1.29, 1.82) is 0 Å². The fourth-order valence-corrected chi connectivity index (χ4v) is 4.15. The van der Waals surface area contributed by atoms with Gasteiger partial charge in [-0.15, -0.1) is 0 Å². The molecule has 2 atom stereocenters. The first-order chi connectivity index (χ1) is 6.68. The number of carbonyl (C=O) groups is 1. The highest BCUT2D eigenvalue weighted by molar-refractivity contribution is 7.90. The molecule has 1 aromatic carbocycles. The summed E-state index contributed by atoms with van der Waals surface area (Å²) >= 11 is 0. The van der Waals surface area contributed by atoms with Crippen molar-refractivity contribution < 1.29 is 13.2 Å². The summed E-state index contributed by atoms with van der Waals surface area (Å²) in [5.41, 5.74) is 0. The molecule has 1 heterocycles. The van der Waals surface area contributed by atoms with Crippen LogP contribution in [-0.4, -0.2) is 25.7 Å². The average Bonchev–Trinajstić information content (AvgIpc) is 2.26. The minimum Gasteiger partial charge on any atom is -0.298 e. The SMILES string of the molecule is O=C1C[S@@](=O)c2ccccc2[S@](=O)C1. The predicted octanol–water partition coefficient (Wildman–Crippen LogP) is 0.485. The van der Waals surface area contributed by atoms with Crippen LogP contribution >= 0.6 is 0 Å². The molecule has 74 valence electrons. The first kappa shape index (κ1) is 9.73. The molecule has 0 unspecified atom stereocenters. The second-order valence-corrected chi connectivity index (χ2v) is 5.80. The number of hydrogen-bond acceptors (Lipinski definition) is 3. The van der Waals surface area contributed by atoms with Crippen molar-refractivity contribution in [2.24, 2.45) is 0 Å². The van der Waals surface area contributed by atoms with E-state index in [1.807, 2.05) is 0 Å². The summed E-state index contributed by atoms with van der Waals surface area (Å²) in [4.78, 5) is 12.3. The van der Waals surface area contributed by atoms with E-state index >= 15 is 0 Å². The van der Waals surface area contributed by atoms with E-state index in [0.29, 0.717) is 9.79 Å². The molecule has 0 saturated carbocycles. The maximum atomic E-state index is 11.6. The highest BCUT2D eigenvalue weighted by Gasteiger charge is 2.23. The number of rotatable bonds is 0. The Labute approximate surface area is 86.4 Å². The number of ketones is 1. The van der Waals surface area contributed by atoms with E-state index in [1.54, 1.807) is 24.3 Å². The fraction of sp³-hybridized carbons (Fsp3) is 0.222. The Hall–Kier alpha value is -0.810. The quantitative estimate of drug-likeness (QED) is 0.649. The molecule has 0 radical (unpaired) electrons. The highest BCUT2D eigenvalue weighted by atomic mass is 32.2. The summed E-state index contributed by atoms with van der Waals surface area (Å²) in [6.07, 6.45) is 0. The highest BCUT2D eigenvalue weighted by Crippen LogP contribution is 2.20. The lowest BCUT2D eigenvalue weighted by Gasteiger charge is -2.01. The molecule has 3 nitrogen and oxygen atoms in total. The Bertz CT molecular complexity index is 400. The Morgan fingerprint density at radius 1 is 0.929 bits per heavy atom. The van der Waals surface area contributed by atoms with Crippen LogP contribution in [0, 0.1) is 0 Å². The van der Waals surface area contributed by atoms with Gasteiger partial charge in [-0.2, -0.15) is 0 Å². The van der Waals surface area contributed by atoms with Crippen LogP contribution in [0.2, 0.25) is 0 Å². The number of fused-ring (bicyclic) bond motifs is 1. The minimum absolute atomic E-state index is 0.0112. The van der Waals surface area contributed by atoms with Crippen molar-refractivity contribution >= 4 is 27.4 Å². The fourth-order valence-electron chi connectivity index (χ4n) is 1.32. The Balaban J connectivity index is 2.59. The zero-order valence-electron chi connectivity index (χ0n) is 7.26. The van der Waals surface area contributed by atoms with Gasteiger partial charge >= 0.3 is 0 Å². The molecule has 0 N–H and O–H groups in total. The van der Waals surface area contributed by atoms with Crippen molar-refractivity contribution in [3.63, 3.8) is 0 Å². The topological polar surface area (TPSA) is 51.2 Å². The van der Waals surface area contributed by atoms with E-state index in [2.05, 4.69) is 0 Å². The lowest BCUT2D eigenvalue weighted by Crippen LogP contribution is -2.13. The van der Waals surface area contributed by atoms with Crippen LogP contribution in [0.4, 0.5) is 0 Å². The van der Waals surface area contributed by atoms with E-state index in [1.165, 1.54) is 0 Å². The van der Waals surface area contributed by atoms with Crippen LogP contribution in [0.1, 0.15) is 0 Å². The van der Waals surface area contributed by atoms with Gasteiger partial charge in [-0.25, -0.2) is 0 Å². The van der Waals surface area contributed by atoms with Gasteiger partial charge in [-0.1, -0.05) is 12.1 Å². The Morgan fingerprint density at radius 2 is 1.36 bits per heavy atom. The molecular formula is C9H8O3S2. The van der Waals surface area contributed by atoms with Crippen LogP contribution in [0.25, 0.3) is 0 Å². The third-order valence-corrected chi connectivity index (χ3v) is 4.91. The summed E-state index contributed by atoms with van der Waals surface area (Å²) in [5, 5.41) is 0. The second-order valence-electron chi connectivity index (χ2n) is 2.97. The van der Waals surface area contributed by atoms with Gasteiger partial charge in [0.2, 0.25) is 0 Å². The van der Waals surface area contributed by atoms with Gasteiger partial charge in [-0.05, 0) is 12.1 Å². The van der Waals surface area contributed by atoms with E-state index in [-0.39, 0.29) is 17.3 Å². The summed E-state index contributed by atoms with van der Waals surface area (Å²) < 4.78 is 23.2. The van der Waals surface area contributed by atoms with E-state index in [9.17, 15) is 13.2 Å². The molecule has 0 fully saturated rings. The molecule has 1 aliphatic heterocycles. The zero-order valence-corrected chi connectivity index (χ0v) is 8.90. The lowest BCUT2D eigenvalue weighted by atomic mass is 10.4. The molecule has 0 amide bonds. The molecule has 0 saturated heterocycles. The van der Waals surface area contributed by atoms with Gasteiger partial charge in [0.15, 0.2) is 5.78 Å². The van der Waals surface area contributed by atoms with Crippen LogP contribution in [0.3, 0.4) is 0 Å². The number of carbonyl (C=O) groups excluding carboxylic acids is 1. The summed E-state index contributed by atoms with van der Waals surface area (Å²) in [6.45, 7) is 0. The van der Waals surface area contributed by atoms with Crippen molar-refractivity contribution in [3.05, 3.63) is 24.3 Å². The van der Waals surface area contributed by atoms with Gasteiger partial charge in [0, 0.05) is 0 Å². The third-order valence-electron chi connectivity index (χ3n) is 1.92. The average molecular weight is 228 g/mol. The lowest BCUT2D eigenvalue weighted by molar-refractivity contribution is -0.114. The van der Waals surface area contributed by atoms with E-state index in [4.69, 9.17) is 0 Å². The van der Waals surface area contributed by atoms with Crippen molar-refractivity contribution in [2.75, 3.05) is 11.5 Å². The van der Waals surface area contributed by atoms with Gasteiger partial charge < -0.3 is 0 Å². The van der Waals surface area contributed by atoms with E-state index < -0.39 is 21.6 Å². The monoisotopic (exact) mass is 228 g/mol. The summed E-state index contributed by atoms with van der Waals surface area (Å²) in [5.74, 6) is -0.219. The maximum absolute atomic E-state index is 11.6. The molecular weight excluding hydrogens is 220 g/mol. The largest absolute Gasteiger partial charge is 0.298 e. The first-order valence-corrected chi connectivity index (χ1v) is 6.70. The molecule has 1 aromatic rings. The molecule has 0 aliphatic carbocycles. The summed E-state index contributed by atoms with van der Waals surface area (Å²) in [6, 6.07) is 6.82. The predicted molar refractivity (Wildman–Crippen MR) is 54.0 cm³/mol. The van der Waals surface area contributed by atoms with Crippen molar-refractivity contribution in [2.45, 2.75) is 9.79 Å². The first-order valence-electron chi connectivity index (χ1n) is 4.06. The summed E-state index contributed by atoms with van der Waals surface area (Å²) in [7, 11) is -2.65. The zero-order chi connectivity index (χ0) is 10.1. The maximum Gasteiger partial charge on any atom is 0.158 e. The molecule has 0 aromatic heterocycles. The van der Waals surface area contributed by atoms with Crippen molar-refractivity contribution in [3.8, 4) is 0 Å². The van der Waals surface area contributed by atoms with Gasteiger partial charge in [0.05, 0.1) is 42.9 Å². The third kappa shape index (κ3) is 1.69. The van der Waals surface area contributed by atoms with Gasteiger partial charge in [-0.3, -0.25) is 13.2 Å². The van der Waals surface area contributed by atoms with Crippen molar-refractivity contribution in [1.82, 2.24) is 0 Å². The number of Topliss-reactive ketones (excluding diaryl/α,β-unsaturated/α-hetero) is 1. The Morgan fingerprint density at radius 3 is 1.79 bits per heavy atom. The van der Waals surface area contributed by atoms with E-state index in [0.717, 1.165) is 0 Å². The normalized spacial score (nSPS) is 26.7. The molecule has 2 rings (SSSR count). The number of benzene rings is 1. The molecule has 5 heteroatoms. The second kappa shape index (κ2) is 3.74. The van der Waals surface area contributed by atoms with Crippen LogP contribution in [0.5, 0.6) is 0 Å². The molecule has 1 aliphatic rings. The molecule has 14 heavy (non-hydrogen) atoms. The van der Waals surface area contributed by atoms with Crippen LogP contribution in [0.15, 0.2) is 34.1 Å². The van der Waals surface area contributed by atoms with Gasteiger partial charge in [0.25, 0.3) is 0 Å². The van der Waals surface area contributed by atoms with Gasteiger partial charge in [0.1, 0.15) is 0 Å². The van der Waals surface area contributed by atoms with Crippen LogP contribution < -0.4 is 0 Å². The molecule has 0 bridgehead atoms.